The first-order chi connectivity index (χ1) is 19.5. The quantitative estimate of drug-likeness (QED) is 0.148. The van der Waals surface area contributed by atoms with Crippen LogP contribution in [0.5, 0.6) is 11.5 Å². The number of amides is 2. The number of fused-ring (bicyclic) bond motifs is 1. The summed E-state index contributed by atoms with van der Waals surface area (Å²) in [5.74, 6) is 0.499. The number of ether oxygens (including phenoxy) is 2. The van der Waals surface area contributed by atoms with Gasteiger partial charge in [-0.25, -0.2) is 0 Å². The number of anilines is 1. The summed E-state index contributed by atoms with van der Waals surface area (Å²) in [6, 6.07) is 28.7. The largest absolute Gasteiger partial charge is 0.454 e. The van der Waals surface area contributed by atoms with E-state index in [4.69, 9.17) is 9.47 Å². The first-order valence-corrected chi connectivity index (χ1v) is 13.6. The van der Waals surface area contributed by atoms with Gasteiger partial charge in [-0.3, -0.25) is 14.4 Å². The predicted molar refractivity (Wildman–Crippen MR) is 156 cm³/mol. The Kier molecular flexibility index (Phi) is 8.27. The number of aryl methyl sites for hydroxylation is 1. The molecule has 0 spiro atoms. The number of ketones is 1. The van der Waals surface area contributed by atoms with E-state index in [0.29, 0.717) is 28.3 Å². The van der Waals surface area contributed by atoms with Gasteiger partial charge in [0.05, 0.1) is 5.75 Å². The lowest BCUT2D eigenvalue weighted by molar-refractivity contribution is -0.113. The monoisotopic (exact) mass is 550 g/mol. The minimum Gasteiger partial charge on any atom is -0.454 e. The van der Waals surface area contributed by atoms with E-state index in [1.54, 1.807) is 66.7 Å². The second kappa shape index (κ2) is 12.4. The molecule has 1 aliphatic rings. The zero-order valence-corrected chi connectivity index (χ0v) is 22.5. The van der Waals surface area contributed by atoms with Gasteiger partial charge in [-0.05, 0) is 72.7 Å². The Labute approximate surface area is 236 Å². The van der Waals surface area contributed by atoms with Crippen LogP contribution in [0.15, 0.2) is 108 Å². The van der Waals surface area contributed by atoms with Crippen molar-refractivity contribution in [2.24, 2.45) is 0 Å². The molecule has 0 saturated carbocycles. The van der Waals surface area contributed by atoms with Crippen LogP contribution in [-0.4, -0.2) is 30.1 Å². The Morgan fingerprint density at radius 2 is 1.60 bits per heavy atom. The van der Waals surface area contributed by atoms with Gasteiger partial charge in [0.2, 0.25) is 6.79 Å². The maximum atomic E-state index is 13.4. The lowest BCUT2D eigenvalue weighted by atomic mass is 10.1. The van der Waals surface area contributed by atoms with Gasteiger partial charge in [0.25, 0.3) is 11.8 Å². The zero-order valence-electron chi connectivity index (χ0n) is 21.7. The van der Waals surface area contributed by atoms with Crippen LogP contribution in [0.4, 0.5) is 5.69 Å². The molecule has 2 amide bonds. The highest BCUT2D eigenvalue weighted by Crippen LogP contribution is 2.33. The van der Waals surface area contributed by atoms with Crippen molar-refractivity contribution in [2.75, 3.05) is 17.9 Å². The van der Waals surface area contributed by atoms with Crippen molar-refractivity contribution >= 4 is 41.1 Å². The summed E-state index contributed by atoms with van der Waals surface area (Å²) < 4.78 is 10.7. The molecule has 4 aromatic carbocycles. The molecule has 8 heteroatoms. The van der Waals surface area contributed by atoms with Crippen molar-refractivity contribution in [3.8, 4) is 11.5 Å². The minimum absolute atomic E-state index is 0.0511. The Morgan fingerprint density at radius 3 is 2.42 bits per heavy atom. The SMILES string of the molecule is Cc1ccccc1/C=C(\NC(=O)c1ccccc1)C(=O)Nc1cccc(SCC(=O)c2ccc3c(c2)OCO3)c1. The van der Waals surface area contributed by atoms with E-state index in [9.17, 15) is 14.4 Å². The molecule has 200 valence electrons. The van der Waals surface area contributed by atoms with E-state index in [1.165, 1.54) is 11.8 Å². The number of nitrogens with one attached hydrogen (secondary N) is 2. The van der Waals surface area contributed by atoms with Gasteiger partial charge < -0.3 is 20.1 Å². The van der Waals surface area contributed by atoms with Crippen LogP contribution in [0.3, 0.4) is 0 Å². The molecular weight excluding hydrogens is 524 g/mol. The fourth-order valence-electron chi connectivity index (χ4n) is 4.01. The van der Waals surface area contributed by atoms with Gasteiger partial charge in [0.1, 0.15) is 5.70 Å². The normalized spacial score (nSPS) is 12.1. The lowest BCUT2D eigenvalue weighted by Gasteiger charge is -2.13. The highest BCUT2D eigenvalue weighted by molar-refractivity contribution is 8.00. The highest BCUT2D eigenvalue weighted by atomic mass is 32.2. The van der Waals surface area contributed by atoms with Crippen molar-refractivity contribution in [1.82, 2.24) is 5.32 Å². The Hall–Kier alpha value is -4.82. The third-order valence-corrected chi connectivity index (χ3v) is 7.17. The van der Waals surface area contributed by atoms with Gasteiger partial charge in [-0.1, -0.05) is 48.5 Å². The topological polar surface area (TPSA) is 93.7 Å². The highest BCUT2D eigenvalue weighted by Gasteiger charge is 2.18. The van der Waals surface area contributed by atoms with E-state index >= 15 is 0 Å². The molecule has 5 rings (SSSR count). The summed E-state index contributed by atoms with van der Waals surface area (Å²) in [7, 11) is 0. The van der Waals surface area contributed by atoms with Crippen molar-refractivity contribution < 1.29 is 23.9 Å². The molecular formula is C32H26N2O5S. The van der Waals surface area contributed by atoms with E-state index in [2.05, 4.69) is 10.6 Å². The van der Waals surface area contributed by atoms with Crippen LogP contribution in [0.2, 0.25) is 0 Å². The van der Waals surface area contributed by atoms with E-state index in [0.717, 1.165) is 16.0 Å². The predicted octanol–water partition coefficient (Wildman–Crippen LogP) is 6.11. The van der Waals surface area contributed by atoms with Crippen LogP contribution in [0, 0.1) is 6.92 Å². The van der Waals surface area contributed by atoms with Crippen LogP contribution in [0.1, 0.15) is 31.8 Å². The summed E-state index contributed by atoms with van der Waals surface area (Å²) in [5.41, 5.74) is 3.41. The van der Waals surface area contributed by atoms with Crippen LogP contribution >= 0.6 is 11.8 Å². The number of benzene rings is 4. The molecule has 1 heterocycles. The molecule has 4 aromatic rings. The van der Waals surface area contributed by atoms with Crippen LogP contribution < -0.4 is 20.1 Å². The number of hydrogen-bond acceptors (Lipinski definition) is 6. The molecule has 0 bridgehead atoms. The molecule has 0 fully saturated rings. The first kappa shape index (κ1) is 26.8. The Bertz CT molecular complexity index is 1600. The summed E-state index contributed by atoms with van der Waals surface area (Å²) in [6.45, 7) is 2.09. The number of carbonyl (C=O) groups is 3. The number of Topliss-reactive ketones (excluding diaryl/α,β-unsaturated/α-hetero) is 1. The number of thioether (sulfide) groups is 1. The molecule has 0 atom stereocenters. The van der Waals surface area contributed by atoms with Gasteiger partial charge >= 0.3 is 0 Å². The van der Waals surface area contributed by atoms with Gasteiger partial charge in [0, 0.05) is 21.7 Å². The number of hydrogen-bond donors (Lipinski definition) is 2. The van der Waals surface area contributed by atoms with Crippen molar-refractivity contribution in [3.05, 3.63) is 125 Å². The Balaban J connectivity index is 1.29. The maximum absolute atomic E-state index is 13.4. The Morgan fingerprint density at radius 1 is 0.825 bits per heavy atom. The van der Waals surface area contributed by atoms with Crippen molar-refractivity contribution in [1.29, 1.82) is 0 Å². The van der Waals surface area contributed by atoms with E-state index < -0.39 is 5.91 Å². The summed E-state index contributed by atoms with van der Waals surface area (Å²) >= 11 is 1.36. The zero-order chi connectivity index (χ0) is 27.9. The number of rotatable bonds is 9. The molecule has 2 N–H and O–H groups in total. The fourth-order valence-corrected chi connectivity index (χ4v) is 4.86. The molecule has 0 aliphatic carbocycles. The molecule has 1 aliphatic heterocycles. The number of carbonyl (C=O) groups excluding carboxylic acids is 3. The molecule has 0 saturated heterocycles. The van der Waals surface area contributed by atoms with Crippen molar-refractivity contribution in [2.45, 2.75) is 11.8 Å². The van der Waals surface area contributed by atoms with Crippen molar-refractivity contribution in [3.63, 3.8) is 0 Å². The second-order valence-corrected chi connectivity index (χ2v) is 10.0. The summed E-state index contributed by atoms with van der Waals surface area (Å²) in [5, 5.41) is 5.64. The van der Waals surface area contributed by atoms with Gasteiger partial charge in [-0.2, -0.15) is 0 Å². The third kappa shape index (κ3) is 6.59. The van der Waals surface area contributed by atoms with E-state index in [1.807, 2.05) is 43.3 Å². The average Bonchev–Trinajstić information content (AvgIpc) is 3.45. The van der Waals surface area contributed by atoms with Gasteiger partial charge in [0.15, 0.2) is 17.3 Å². The van der Waals surface area contributed by atoms with Crippen LogP contribution in [-0.2, 0) is 4.79 Å². The fraction of sp³-hybridized carbons (Fsp3) is 0.0938. The molecule has 40 heavy (non-hydrogen) atoms. The van der Waals surface area contributed by atoms with E-state index in [-0.39, 0.29) is 29.9 Å². The standard InChI is InChI=1S/C32H26N2O5S/c1-21-8-5-6-11-23(21)16-27(34-31(36)22-9-3-2-4-10-22)32(37)33-25-12-7-13-26(18-25)40-19-28(35)24-14-15-29-30(17-24)39-20-38-29/h2-18H,19-20H2,1H3,(H,33,37)(H,34,36)/b27-16-. The first-order valence-electron chi connectivity index (χ1n) is 12.6. The molecule has 0 aromatic heterocycles. The molecule has 0 radical (unpaired) electrons. The lowest BCUT2D eigenvalue weighted by Crippen LogP contribution is -2.30. The summed E-state index contributed by atoms with van der Waals surface area (Å²) in [4.78, 5) is 39.8. The minimum atomic E-state index is -0.467. The van der Waals surface area contributed by atoms with Crippen LogP contribution in [0.25, 0.3) is 6.08 Å². The maximum Gasteiger partial charge on any atom is 0.272 e. The summed E-state index contributed by atoms with van der Waals surface area (Å²) in [6.07, 6.45) is 1.66. The van der Waals surface area contributed by atoms with Gasteiger partial charge in [-0.15, -0.1) is 11.8 Å². The molecule has 7 nitrogen and oxygen atoms in total. The average molecular weight is 551 g/mol. The third-order valence-electron chi connectivity index (χ3n) is 6.17. The smallest absolute Gasteiger partial charge is 0.272 e. The molecule has 0 unspecified atom stereocenters. The second-order valence-electron chi connectivity index (χ2n) is 9.00.